The average Bonchev–Trinajstić information content (AvgIpc) is 2.15. The number of hydrogen-bond donors (Lipinski definition) is 2. The van der Waals surface area contributed by atoms with E-state index in [1.807, 2.05) is 0 Å². The largest absolute Gasteiger partial charge is 0.390 e. The van der Waals surface area contributed by atoms with Gasteiger partial charge in [0.1, 0.15) is 0 Å². The van der Waals surface area contributed by atoms with Gasteiger partial charge in [-0.1, -0.05) is 0 Å². The van der Waals surface area contributed by atoms with Gasteiger partial charge in [-0.3, -0.25) is 4.98 Å². The van der Waals surface area contributed by atoms with Gasteiger partial charge in [-0.05, 0) is 18.6 Å². The minimum absolute atomic E-state index is 0.0238. The number of aryl methyl sites for hydroxylation is 1. The molecule has 0 fully saturated rings. The van der Waals surface area contributed by atoms with Crippen molar-refractivity contribution in [3.63, 3.8) is 0 Å². The van der Waals surface area contributed by atoms with E-state index in [0.29, 0.717) is 11.3 Å². The van der Waals surface area contributed by atoms with Crippen LogP contribution in [0.1, 0.15) is 28.9 Å². The molecule has 14 heavy (non-hydrogen) atoms. The van der Waals surface area contributed by atoms with Gasteiger partial charge in [-0.15, -0.1) is 0 Å². The molecule has 0 radical (unpaired) electrons. The fourth-order valence-electron chi connectivity index (χ4n) is 1.37. The fourth-order valence-corrected chi connectivity index (χ4v) is 1.37. The molecule has 0 aromatic carbocycles. The van der Waals surface area contributed by atoms with Gasteiger partial charge in [0.2, 0.25) is 0 Å². The summed E-state index contributed by atoms with van der Waals surface area (Å²) in [6.07, 6.45) is -2.58. The molecule has 0 amide bonds. The molecule has 0 atom stereocenters. The molecule has 0 saturated carbocycles. The third-order valence-electron chi connectivity index (χ3n) is 1.99. The van der Waals surface area contributed by atoms with Gasteiger partial charge in [-0.2, -0.15) is 0 Å². The summed E-state index contributed by atoms with van der Waals surface area (Å²) in [5.41, 5.74) is 6.16. The van der Waals surface area contributed by atoms with Crippen LogP contribution in [0.5, 0.6) is 0 Å². The average molecular weight is 202 g/mol. The van der Waals surface area contributed by atoms with Gasteiger partial charge in [0.15, 0.2) is 0 Å². The Morgan fingerprint density at radius 3 is 2.64 bits per heavy atom. The number of aliphatic hydroxyl groups excluding tert-OH is 1. The van der Waals surface area contributed by atoms with Crippen molar-refractivity contribution in [2.75, 3.05) is 0 Å². The highest BCUT2D eigenvalue weighted by Crippen LogP contribution is 2.25. The van der Waals surface area contributed by atoms with Crippen LogP contribution in [0.2, 0.25) is 0 Å². The normalized spacial score (nSPS) is 11.0. The number of aromatic nitrogens is 1. The lowest BCUT2D eigenvalue weighted by Gasteiger charge is -2.11. The molecule has 0 unspecified atom stereocenters. The van der Waals surface area contributed by atoms with Gasteiger partial charge >= 0.3 is 0 Å². The molecule has 1 aromatic heterocycles. The van der Waals surface area contributed by atoms with Crippen LogP contribution < -0.4 is 5.73 Å². The number of rotatable bonds is 3. The molecule has 3 nitrogen and oxygen atoms in total. The third-order valence-corrected chi connectivity index (χ3v) is 1.99. The van der Waals surface area contributed by atoms with Crippen LogP contribution in [-0.2, 0) is 13.2 Å². The predicted octanol–water partition coefficient (Wildman–Crippen LogP) is 1.28. The van der Waals surface area contributed by atoms with Gasteiger partial charge in [0, 0.05) is 17.8 Å². The Hall–Kier alpha value is -1.07. The van der Waals surface area contributed by atoms with Crippen LogP contribution in [0.25, 0.3) is 0 Å². The molecule has 1 heterocycles. The maximum Gasteiger partial charge on any atom is 0.265 e. The number of pyridine rings is 1. The van der Waals surface area contributed by atoms with E-state index in [2.05, 4.69) is 4.98 Å². The first kappa shape index (κ1) is 11.0. The molecule has 0 bridgehead atoms. The Morgan fingerprint density at radius 1 is 1.57 bits per heavy atom. The second-order valence-electron chi connectivity index (χ2n) is 2.93. The first-order valence-corrected chi connectivity index (χ1v) is 4.18. The molecule has 0 aliphatic rings. The van der Waals surface area contributed by atoms with Crippen molar-refractivity contribution in [2.24, 2.45) is 5.73 Å². The maximum absolute atomic E-state index is 12.6. The quantitative estimate of drug-likeness (QED) is 0.776. The fraction of sp³-hybridized carbons (Fsp3) is 0.444. The van der Waals surface area contributed by atoms with Crippen LogP contribution in [0.3, 0.4) is 0 Å². The second kappa shape index (κ2) is 4.43. The zero-order valence-electron chi connectivity index (χ0n) is 7.80. The first-order valence-electron chi connectivity index (χ1n) is 4.18. The van der Waals surface area contributed by atoms with Gasteiger partial charge in [0.05, 0.1) is 12.3 Å². The number of hydrogen-bond acceptors (Lipinski definition) is 3. The summed E-state index contributed by atoms with van der Waals surface area (Å²) in [7, 11) is 0. The van der Waals surface area contributed by atoms with Gasteiger partial charge in [0.25, 0.3) is 6.43 Å². The van der Waals surface area contributed by atoms with Crippen LogP contribution in [0.15, 0.2) is 6.07 Å². The van der Waals surface area contributed by atoms with E-state index in [1.54, 1.807) is 0 Å². The lowest BCUT2D eigenvalue weighted by atomic mass is 10.1. The van der Waals surface area contributed by atoms with E-state index in [9.17, 15) is 8.78 Å². The zero-order valence-corrected chi connectivity index (χ0v) is 7.80. The van der Waals surface area contributed by atoms with Crippen molar-refractivity contribution in [3.05, 3.63) is 28.6 Å². The molecular weight excluding hydrogens is 190 g/mol. The van der Waals surface area contributed by atoms with E-state index >= 15 is 0 Å². The summed E-state index contributed by atoms with van der Waals surface area (Å²) in [5, 5.41) is 8.82. The van der Waals surface area contributed by atoms with Crippen molar-refractivity contribution in [1.29, 1.82) is 0 Å². The van der Waals surface area contributed by atoms with Crippen LogP contribution in [-0.4, -0.2) is 10.1 Å². The number of halogens is 2. The molecule has 0 spiro atoms. The van der Waals surface area contributed by atoms with E-state index in [0.717, 1.165) is 0 Å². The summed E-state index contributed by atoms with van der Waals surface area (Å²) in [5.74, 6) is 0. The molecule has 1 rings (SSSR count). The Bertz CT molecular complexity index is 329. The van der Waals surface area contributed by atoms with Crippen LogP contribution in [0.4, 0.5) is 8.78 Å². The van der Waals surface area contributed by atoms with E-state index in [-0.39, 0.29) is 24.4 Å². The van der Waals surface area contributed by atoms with Crippen molar-refractivity contribution in [1.82, 2.24) is 4.98 Å². The van der Waals surface area contributed by atoms with E-state index in [4.69, 9.17) is 10.8 Å². The van der Waals surface area contributed by atoms with Crippen molar-refractivity contribution in [3.8, 4) is 0 Å². The molecule has 78 valence electrons. The summed E-state index contributed by atoms with van der Waals surface area (Å²) < 4.78 is 25.1. The van der Waals surface area contributed by atoms with Crippen LogP contribution in [0, 0.1) is 6.92 Å². The van der Waals surface area contributed by atoms with E-state index < -0.39 is 6.43 Å². The zero-order chi connectivity index (χ0) is 10.7. The molecule has 0 saturated heterocycles. The van der Waals surface area contributed by atoms with Crippen molar-refractivity contribution in [2.45, 2.75) is 26.5 Å². The van der Waals surface area contributed by atoms with Crippen molar-refractivity contribution < 1.29 is 13.9 Å². The highest BCUT2D eigenvalue weighted by molar-refractivity contribution is 5.33. The summed E-state index contributed by atoms with van der Waals surface area (Å²) >= 11 is 0. The molecule has 0 aliphatic heterocycles. The number of nitrogens with two attached hydrogens (primary N) is 1. The smallest absolute Gasteiger partial charge is 0.265 e. The Labute approximate surface area is 80.6 Å². The lowest BCUT2D eigenvalue weighted by Crippen LogP contribution is -2.08. The highest BCUT2D eigenvalue weighted by Gasteiger charge is 2.17. The maximum atomic E-state index is 12.6. The third kappa shape index (κ3) is 2.05. The van der Waals surface area contributed by atoms with Gasteiger partial charge in [-0.25, -0.2) is 8.78 Å². The summed E-state index contributed by atoms with van der Waals surface area (Å²) in [4.78, 5) is 3.84. The minimum Gasteiger partial charge on any atom is -0.390 e. The summed E-state index contributed by atoms with van der Waals surface area (Å²) in [6, 6.07) is 1.41. The number of aliphatic hydroxyl groups is 1. The topological polar surface area (TPSA) is 59.1 Å². The molecule has 3 N–H and O–H groups in total. The SMILES string of the molecule is Cc1nc(CO)cc(CN)c1C(F)F. The summed E-state index contributed by atoms with van der Waals surface area (Å²) in [6.45, 7) is 1.24. The monoisotopic (exact) mass is 202 g/mol. The Balaban J connectivity index is 3.27. The minimum atomic E-state index is -2.58. The predicted molar refractivity (Wildman–Crippen MR) is 47.7 cm³/mol. The molecule has 0 aliphatic carbocycles. The van der Waals surface area contributed by atoms with Crippen molar-refractivity contribution >= 4 is 0 Å². The first-order chi connectivity index (χ1) is 6.60. The second-order valence-corrected chi connectivity index (χ2v) is 2.93. The molecular formula is C9H12F2N2O. The van der Waals surface area contributed by atoms with Gasteiger partial charge < -0.3 is 10.8 Å². The van der Waals surface area contributed by atoms with E-state index in [1.165, 1.54) is 13.0 Å². The number of alkyl halides is 2. The lowest BCUT2D eigenvalue weighted by molar-refractivity contribution is 0.148. The molecule has 5 heteroatoms. The standard InChI is InChI=1S/C9H12F2N2O/c1-5-8(9(10)11)6(3-12)2-7(4-14)13-5/h2,9,14H,3-4,12H2,1H3. The Kier molecular flexibility index (Phi) is 3.49. The Morgan fingerprint density at radius 2 is 2.21 bits per heavy atom. The van der Waals surface area contributed by atoms with Crippen LogP contribution >= 0.6 is 0 Å². The number of nitrogens with zero attached hydrogens (tertiary/aromatic N) is 1. The highest BCUT2D eigenvalue weighted by atomic mass is 19.3. The molecule has 1 aromatic rings.